The predicted octanol–water partition coefficient (Wildman–Crippen LogP) is 3.27. The molecule has 2 atom stereocenters. The molecule has 1 aromatic heterocycles. The topological polar surface area (TPSA) is 146 Å². The van der Waals surface area contributed by atoms with Gasteiger partial charge in [-0.25, -0.2) is 4.79 Å². The summed E-state index contributed by atoms with van der Waals surface area (Å²) in [5.41, 5.74) is 2.35. The van der Waals surface area contributed by atoms with Crippen LogP contribution in [0.15, 0.2) is 48.5 Å². The second-order valence-corrected chi connectivity index (χ2v) is 11.0. The van der Waals surface area contributed by atoms with Crippen molar-refractivity contribution in [2.75, 3.05) is 5.32 Å². The molecule has 2 amide bonds. The van der Waals surface area contributed by atoms with Crippen molar-refractivity contribution in [1.29, 1.82) is 10.5 Å². The molecule has 1 saturated carbocycles. The molecule has 188 valence electrons. The van der Waals surface area contributed by atoms with Gasteiger partial charge in [0, 0.05) is 11.8 Å². The minimum absolute atomic E-state index is 0.0986. The molecule has 9 nitrogen and oxygen atoms in total. The molecule has 0 radical (unpaired) electrons. The fraction of sp³-hybridized carbons (Fsp3) is 0.259. The first-order valence-corrected chi connectivity index (χ1v) is 13.7. The Kier molecular flexibility index (Phi) is 7.62. The number of aromatic nitrogens is 2. The number of anilines is 1. The van der Waals surface area contributed by atoms with Gasteiger partial charge in [0.2, 0.25) is 11.0 Å². The Bertz CT molecular complexity index is 1560. The molecule has 1 aliphatic carbocycles. The van der Waals surface area contributed by atoms with Gasteiger partial charge in [0.15, 0.2) is 0 Å². The van der Waals surface area contributed by atoms with E-state index in [-0.39, 0.29) is 30.6 Å². The van der Waals surface area contributed by atoms with Crippen LogP contribution < -0.4 is 15.3 Å². The minimum Gasteiger partial charge on any atom is -0.300 e. The normalized spacial score (nSPS) is 17.8. The van der Waals surface area contributed by atoms with Gasteiger partial charge >= 0.3 is 11.1 Å². The number of nitrogens with one attached hydrogen (secondary N) is 2. The molecular formula is C27H22N7O2S2+. The number of rotatable bonds is 7. The lowest BCUT2D eigenvalue weighted by atomic mass is 10.1. The second-order valence-electron chi connectivity index (χ2n) is 9.00. The Hall–Kier alpha value is -4.28. The first-order chi connectivity index (χ1) is 18.5. The first kappa shape index (κ1) is 25.4. The van der Waals surface area contributed by atoms with Crippen LogP contribution in [0.2, 0.25) is 0 Å². The molecule has 1 fully saturated rings. The minimum atomic E-state index is -0.235. The Balaban J connectivity index is 1.13. The molecule has 11 heteroatoms. The number of amidine groups is 1. The van der Waals surface area contributed by atoms with Crippen molar-refractivity contribution in [3.63, 3.8) is 0 Å². The standard InChI is InChI=1S/C27H21N7O2S2/c28-14-20-7-3-1-5-16(20)12-22(35)30-26-32-24(37-26)18-9-10-19(11-18)25-33-34-27(38-25)31-23(36)13-17-6-2-4-8-21(17)15-29/h1-8,18-19H,9-13H2,(H,31,34,36)/p+1. The molecule has 2 N–H and O–H groups in total. The predicted molar refractivity (Wildman–Crippen MR) is 146 cm³/mol. The third-order valence-electron chi connectivity index (χ3n) is 6.46. The fourth-order valence-electron chi connectivity index (χ4n) is 4.55. The zero-order chi connectivity index (χ0) is 26.5. The van der Waals surface area contributed by atoms with Gasteiger partial charge < -0.3 is 5.32 Å². The average Bonchev–Trinajstić information content (AvgIpc) is 3.56. The average molecular weight is 541 g/mol. The number of carbonyl (C=O) groups excluding carboxylic acids is 2. The summed E-state index contributed by atoms with van der Waals surface area (Å²) in [6.07, 6.45) is 3.04. The summed E-state index contributed by atoms with van der Waals surface area (Å²) in [5.74, 6) is 0.115. The van der Waals surface area contributed by atoms with Crippen LogP contribution in [0.5, 0.6) is 0 Å². The van der Waals surface area contributed by atoms with Crippen molar-refractivity contribution in [1.82, 2.24) is 20.2 Å². The highest BCUT2D eigenvalue weighted by Gasteiger charge is 2.40. The van der Waals surface area contributed by atoms with Crippen molar-refractivity contribution in [2.24, 2.45) is 5.92 Å². The van der Waals surface area contributed by atoms with Gasteiger partial charge in [-0.3, -0.25) is 4.79 Å². The number of thioether (sulfide) groups is 1. The van der Waals surface area contributed by atoms with Crippen LogP contribution >= 0.6 is 23.1 Å². The highest BCUT2D eigenvalue weighted by Crippen LogP contribution is 2.42. The number of amides is 2. The van der Waals surface area contributed by atoms with Crippen LogP contribution in [0, 0.1) is 28.6 Å². The highest BCUT2D eigenvalue weighted by atomic mass is 32.2. The molecule has 2 aromatic carbocycles. The lowest BCUT2D eigenvalue weighted by Crippen LogP contribution is -2.38. The molecule has 0 spiro atoms. The third-order valence-corrected chi connectivity index (χ3v) is 8.48. The van der Waals surface area contributed by atoms with E-state index in [0.717, 1.165) is 29.3 Å². The highest BCUT2D eigenvalue weighted by molar-refractivity contribution is 8.28. The summed E-state index contributed by atoms with van der Waals surface area (Å²) in [4.78, 5) is 24.8. The lowest BCUT2D eigenvalue weighted by molar-refractivity contribution is -0.119. The summed E-state index contributed by atoms with van der Waals surface area (Å²) in [7, 11) is 0. The van der Waals surface area contributed by atoms with Gasteiger partial charge in [-0.1, -0.05) is 47.7 Å². The molecule has 0 bridgehead atoms. The van der Waals surface area contributed by atoms with Crippen molar-refractivity contribution in [3.05, 3.63) is 75.8 Å². The smallest absolute Gasteiger partial charge is 0.300 e. The van der Waals surface area contributed by atoms with E-state index in [1.54, 1.807) is 42.5 Å². The molecule has 5 rings (SSSR count). The zero-order valence-corrected chi connectivity index (χ0v) is 21.8. The molecule has 38 heavy (non-hydrogen) atoms. The number of nitriles is 2. The molecule has 1 aliphatic heterocycles. The summed E-state index contributed by atoms with van der Waals surface area (Å²) in [6.45, 7) is 0. The number of carbonyl (C=O) groups is 2. The van der Waals surface area contributed by atoms with Gasteiger partial charge in [0.25, 0.3) is 5.04 Å². The molecule has 2 unspecified atom stereocenters. The SMILES string of the molecule is N#Cc1ccccc1CC(=O)NC1=[N+]=C(C2CCC(c3nnc(NC(=O)Cc4ccccc4C#N)s3)C2)S1. The van der Waals surface area contributed by atoms with Gasteiger partial charge in [0.05, 0.1) is 47.9 Å². The monoisotopic (exact) mass is 540 g/mol. The van der Waals surface area contributed by atoms with Crippen LogP contribution in [0.1, 0.15) is 52.4 Å². The zero-order valence-electron chi connectivity index (χ0n) is 20.2. The quantitative estimate of drug-likeness (QED) is 0.437. The Morgan fingerprint density at radius 3 is 2.11 bits per heavy atom. The van der Waals surface area contributed by atoms with Gasteiger partial charge in [-0.2, -0.15) is 20.5 Å². The summed E-state index contributed by atoms with van der Waals surface area (Å²) in [5, 5.41) is 35.4. The molecule has 2 heterocycles. The van der Waals surface area contributed by atoms with Gasteiger partial charge in [0.1, 0.15) is 5.01 Å². The van der Waals surface area contributed by atoms with Crippen LogP contribution in [0.4, 0.5) is 5.13 Å². The van der Waals surface area contributed by atoms with Gasteiger partial charge in [-0.15, -0.1) is 10.2 Å². The van der Waals surface area contributed by atoms with Crippen molar-refractivity contribution in [2.45, 2.75) is 38.0 Å². The van der Waals surface area contributed by atoms with Crippen molar-refractivity contribution in [3.8, 4) is 12.1 Å². The van der Waals surface area contributed by atoms with Crippen LogP contribution in [0.3, 0.4) is 0 Å². The molecular weight excluding hydrogens is 518 g/mol. The van der Waals surface area contributed by atoms with E-state index in [0.29, 0.717) is 38.5 Å². The molecule has 2 aliphatic rings. The van der Waals surface area contributed by atoms with Crippen molar-refractivity contribution >= 4 is 50.3 Å². The number of hydrogen-bond acceptors (Lipinski definition) is 8. The Labute approximate surface area is 227 Å². The molecule has 0 saturated heterocycles. The number of hydrogen-bond donors (Lipinski definition) is 2. The number of benzene rings is 2. The van der Waals surface area contributed by atoms with Crippen LogP contribution in [-0.2, 0) is 22.4 Å². The maximum atomic E-state index is 12.5. The summed E-state index contributed by atoms with van der Waals surface area (Å²) >= 11 is 2.87. The Morgan fingerprint density at radius 2 is 1.47 bits per heavy atom. The van der Waals surface area contributed by atoms with Gasteiger partial charge in [-0.05, 0) is 42.5 Å². The fourth-order valence-corrected chi connectivity index (χ4v) is 6.35. The van der Waals surface area contributed by atoms with E-state index in [1.807, 2.05) is 6.07 Å². The third kappa shape index (κ3) is 5.82. The van der Waals surface area contributed by atoms with E-state index in [9.17, 15) is 20.1 Å². The van der Waals surface area contributed by atoms with E-state index in [1.165, 1.54) is 23.1 Å². The molecule has 3 aromatic rings. The second kappa shape index (κ2) is 11.4. The van der Waals surface area contributed by atoms with E-state index in [4.69, 9.17) is 0 Å². The van der Waals surface area contributed by atoms with E-state index < -0.39 is 0 Å². The lowest BCUT2D eigenvalue weighted by Gasteiger charge is -2.10. The summed E-state index contributed by atoms with van der Waals surface area (Å²) in [6, 6.07) is 18.3. The number of nitrogens with zero attached hydrogens (tertiary/aromatic N) is 5. The first-order valence-electron chi connectivity index (χ1n) is 12.0. The van der Waals surface area contributed by atoms with E-state index in [2.05, 4.69) is 37.6 Å². The Morgan fingerprint density at radius 1 is 0.895 bits per heavy atom. The maximum absolute atomic E-state index is 12.5. The van der Waals surface area contributed by atoms with E-state index >= 15 is 0 Å². The maximum Gasteiger partial charge on any atom is 0.421 e. The van der Waals surface area contributed by atoms with Crippen LogP contribution in [-0.4, -0.2) is 32.2 Å². The van der Waals surface area contributed by atoms with Crippen molar-refractivity contribution < 1.29 is 9.59 Å². The summed E-state index contributed by atoms with van der Waals surface area (Å²) < 4.78 is 4.54. The van der Waals surface area contributed by atoms with Crippen LogP contribution in [0.25, 0.3) is 0 Å². The largest absolute Gasteiger partial charge is 0.421 e.